The SMILES string of the molecule is CC(C)CCNC(=O)[C@@H]1C[NH2+]C[C@H]([NH+]2CC(=O)N(c3ccccc3Cl)CC2(C)C)C1. The summed E-state index contributed by atoms with van der Waals surface area (Å²) in [5.74, 6) is 0.855. The van der Waals surface area contributed by atoms with Gasteiger partial charge in [0.1, 0.15) is 18.1 Å². The summed E-state index contributed by atoms with van der Waals surface area (Å²) in [7, 11) is 0. The molecule has 2 aliphatic heterocycles. The van der Waals surface area contributed by atoms with E-state index in [1.165, 1.54) is 4.90 Å². The average molecular weight is 437 g/mol. The van der Waals surface area contributed by atoms with Gasteiger partial charge in [-0.1, -0.05) is 37.6 Å². The monoisotopic (exact) mass is 436 g/mol. The Balaban J connectivity index is 1.66. The van der Waals surface area contributed by atoms with Crippen LogP contribution in [0.2, 0.25) is 5.02 Å². The molecule has 2 aliphatic rings. The zero-order chi connectivity index (χ0) is 21.9. The topological polar surface area (TPSA) is 70.5 Å². The number of anilines is 1. The maximum Gasteiger partial charge on any atom is 0.282 e. The second kappa shape index (κ2) is 9.67. The largest absolute Gasteiger partial charge is 0.356 e. The van der Waals surface area contributed by atoms with Crippen molar-refractivity contribution in [1.29, 1.82) is 0 Å². The van der Waals surface area contributed by atoms with Crippen molar-refractivity contribution in [3.8, 4) is 0 Å². The highest BCUT2D eigenvalue weighted by Crippen LogP contribution is 2.27. The molecule has 0 aliphatic carbocycles. The maximum absolute atomic E-state index is 13.1. The van der Waals surface area contributed by atoms with Crippen molar-refractivity contribution in [2.75, 3.05) is 37.6 Å². The van der Waals surface area contributed by atoms with Crippen LogP contribution in [0, 0.1) is 11.8 Å². The minimum atomic E-state index is -0.123. The smallest absolute Gasteiger partial charge is 0.282 e. The van der Waals surface area contributed by atoms with E-state index in [0.29, 0.717) is 24.0 Å². The Hall–Kier alpha value is -1.63. The molecule has 1 unspecified atom stereocenters. The molecule has 30 heavy (non-hydrogen) atoms. The first-order valence-electron chi connectivity index (χ1n) is 11.2. The van der Waals surface area contributed by atoms with Crippen LogP contribution in [-0.4, -0.2) is 56.1 Å². The van der Waals surface area contributed by atoms with Crippen LogP contribution in [-0.2, 0) is 9.59 Å². The van der Waals surface area contributed by atoms with E-state index in [0.717, 1.165) is 38.2 Å². The molecular weight excluding hydrogens is 400 g/mol. The summed E-state index contributed by atoms with van der Waals surface area (Å²) in [4.78, 5) is 28.9. The number of benzene rings is 1. The number of halogens is 1. The van der Waals surface area contributed by atoms with E-state index in [1.54, 1.807) is 0 Å². The van der Waals surface area contributed by atoms with Gasteiger partial charge < -0.3 is 15.5 Å². The van der Waals surface area contributed by atoms with Crippen molar-refractivity contribution in [2.45, 2.75) is 52.1 Å². The molecule has 0 bridgehead atoms. The highest BCUT2D eigenvalue weighted by atomic mass is 35.5. The fraction of sp³-hybridized carbons (Fsp3) is 0.652. The molecule has 1 aromatic rings. The van der Waals surface area contributed by atoms with Crippen LogP contribution in [0.1, 0.15) is 40.5 Å². The summed E-state index contributed by atoms with van der Waals surface area (Å²) in [6.07, 6.45) is 1.84. The Morgan fingerprint density at radius 3 is 2.77 bits per heavy atom. The van der Waals surface area contributed by atoms with E-state index in [2.05, 4.69) is 38.3 Å². The fourth-order valence-corrected chi connectivity index (χ4v) is 5.07. The number of nitrogens with one attached hydrogen (secondary N) is 2. The summed E-state index contributed by atoms with van der Waals surface area (Å²) in [5.41, 5.74) is 0.663. The number of rotatable bonds is 6. The van der Waals surface area contributed by atoms with Crippen molar-refractivity contribution in [2.24, 2.45) is 11.8 Å². The first-order chi connectivity index (χ1) is 14.2. The zero-order valence-electron chi connectivity index (χ0n) is 18.7. The molecule has 2 fully saturated rings. The third-order valence-corrected chi connectivity index (χ3v) is 6.88. The van der Waals surface area contributed by atoms with Gasteiger partial charge in [0.25, 0.3) is 5.91 Å². The number of hydrogen-bond donors (Lipinski definition) is 3. The van der Waals surface area contributed by atoms with Crippen LogP contribution in [0.5, 0.6) is 0 Å². The summed E-state index contributed by atoms with van der Waals surface area (Å²) in [6, 6.07) is 7.82. The summed E-state index contributed by atoms with van der Waals surface area (Å²) in [5, 5.41) is 5.96. The summed E-state index contributed by atoms with van der Waals surface area (Å²) < 4.78 is 0. The van der Waals surface area contributed by atoms with Crippen molar-refractivity contribution in [1.82, 2.24) is 5.32 Å². The van der Waals surface area contributed by atoms with Crippen molar-refractivity contribution < 1.29 is 19.8 Å². The van der Waals surface area contributed by atoms with Gasteiger partial charge in [-0.15, -0.1) is 0 Å². The van der Waals surface area contributed by atoms with Crippen LogP contribution in [0.15, 0.2) is 24.3 Å². The molecule has 6 nitrogen and oxygen atoms in total. The number of carbonyl (C=O) groups is 2. The van der Waals surface area contributed by atoms with Crippen molar-refractivity contribution in [3.05, 3.63) is 29.3 Å². The number of nitrogens with zero attached hydrogens (tertiary/aromatic N) is 1. The molecule has 3 rings (SSSR count). The molecule has 2 amide bonds. The third kappa shape index (κ3) is 5.34. The molecule has 7 heteroatoms. The number of piperidine rings is 1. The zero-order valence-corrected chi connectivity index (χ0v) is 19.5. The molecule has 1 aromatic carbocycles. The fourth-order valence-electron chi connectivity index (χ4n) is 4.83. The van der Waals surface area contributed by atoms with Crippen molar-refractivity contribution >= 4 is 29.1 Å². The molecule has 2 saturated heterocycles. The van der Waals surface area contributed by atoms with Gasteiger partial charge in [0.15, 0.2) is 6.54 Å². The minimum Gasteiger partial charge on any atom is -0.356 e. The minimum absolute atomic E-state index is 0.0101. The van der Waals surface area contributed by atoms with Gasteiger partial charge >= 0.3 is 0 Å². The van der Waals surface area contributed by atoms with E-state index >= 15 is 0 Å². The lowest BCUT2D eigenvalue weighted by Gasteiger charge is -2.47. The van der Waals surface area contributed by atoms with E-state index in [9.17, 15) is 9.59 Å². The van der Waals surface area contributed by atoms with Crippen molar-refractivity contribution in [3.63, 3.8) is 0 Å². The second-order valence-corrected chi connectivity index (χ2v) is 10.3. The number of quaternary nitrogens is 2. The molecule has 2 heterocycles. The molecular formula is C23H37ClN4O2+2. The average Bonchev–Trinajstić information content (AvgIpc) is 2.69. The Morgan fingerprint density at radius 1 is 1.33 bits per heavy atom. The number of nitrogens with two attached hydrogens (primary N) is 1. The van der Waals surface area contributed by atoms with Gasteiger partial charge in [-0.2, -0.15) is 0 Å². The molecule has 0 spiro atoms. The Bertz CT molecular complexity index is 767. The molecule has 3 atom stereocenters. The Morgan fingerprint density at radius 2 is 2.07 bits per heavy atom. The lowest BCUT2D eigenvalue weighted by Crippen LogP contribution is -3.28. The van der Waals surface area contributed by atoms with Gasteiger partial charge in [-0.3, -0.25) is 14.5 Å². The Labute approximate surface area is 185 Å². The first kappa shape index (κ1) is 23.0. The van der Waals surface area contributed by atoms with Gasteiger partial charge in [0, 0.05) is 13.0 Å². The third-order valence-electron chi connectivity index (χ3n) is 6.56. The van der Waals surface area contributed by atoms with Gasteiger partial charge in [0.05, 0.1) is 29.7 Å². The summed E-state index contributed by atoms with van der Waals surface area (Å²) in [6.45, 7) is 12.3. The molecule has 0 radical (unpaired) electrons. The van der Waals surface area contributed by atoms with Gasteiger partial charge in [0.2, 0.25) is 5.91 Å². The van der Waals surface area contributed by atoms with Gasteiger partial charge in [-0.05, 0) is 38.3 Å². The summed E-state index contributed by atoms with van der Waals surface area (Å²) >= 11 is 6.37. The normalized spacial score (nSPS) is 26.7. The number of hydrogen-bond acceptors (Lipinski definition) is 2. The molecule has 166 valence electrons. The van der Waals surface area contributed by atoms with Crippen LogP contribution in [0.3, 0.4) is 0 Å². The van der Waals surface area contributed by atoms with E-state index < -0.39 is 0 Å². The quantitative estimate of drug-likeness (QED) is 0.606. The molecule has 0 aromatic heterocycles. The number of carbonyl (C=O) groups excluding carboxylic acids is 2. The van der Waals surface area contributed by atoms with E-state index in [1.807, 2.05) is 29.2 Å². The van der Waals surface area contributed by atoms with Crippen LogP contribution in [0.4, 0.5) is 5.69 Å². The maximum atomic E-state index is 13.1. The number of amides is 2. The highest BCUT2D eigenvalue weighted by molar-refractivity contribution is 6.33. The number of para-hydroxylation sites is 1. The predicted octanol–water partition coefficient (Wildman–Crippen LogP) is 0.464. The Kier molecular flexibility index (Phi) is 7.43. The van der Waals surface area contributed by atoms with Crippen LogP contribution in [0.25, 0.3) is 0 Å². The van der Waals surface area contributed by atoms with E-state index in [-0.39, 0.29) is 29.3 Å². The van der Waals surface area contributed by atoms with Gasteiger partial charge in [-0.25, -0.2) is 0 Å². The van der Waals surface area contributed by atoms with Crippen LogP contribution < -0.4 is 20.4 Å². The lowest BCUT2D eigenvalue weighted by molar-refractivity contribution is -0.979. The predicted molar refractivity (Wildman–Crippen MR) is 120 cm³/mol. The highest BCUT2D eigenvalue weighted by Gasteiger charge is 2.48. The van der Waals surface area contributed by atoms with Crippen LogP contribution >= 0.6 is 11.6 Å². The molecule has 4 N–H and O–H groups in total. The second-order valence-electron chi connectivity index (χ2n) is 9.88. The molecule has 0 saturated carbocycles. The first-order valence-corrected chi connectivity index (χ1v) is 11.6. The lowest BCUT2D eigenvalue weighted by atomic mass is 9.88. The van der Waals surface area contributed by atoms with E-state index in [4.69, 9.17) is 11.6 Å². The number of piperazine rings is 1. The standard InChI is InChI=1S/C23H35ClN4O2/c1-16(2)9-10-26-22(30)17-11-18(13-25-12-17)28-14-21(29)27(15-23(28,3)4)20-8-6-5-7-19(20)24/h5-8,16-18,25H,9-15H2,1-4H3,(H,26,30)/p+2/t17-,18+/m0/s1.